The van der Waals surface area contributed by atoms with Crippen LogP contribution < -0.4 is 5.32 Å². The zero-order chi connectivity index (χ0) is 6.27. The van der Waals surface area contributed by atoms with Crippen LogP contribution in [0.15, 0.2) is 0 Å². The third kappa shape index (κ3) is 0.721. The standard InChI is InChI=1S/C6H8NO2/c8-6-1-4-2-9-3-5(4)7-6/h1,4-5H,2-3H2,(H,7,8)/t4-,5-/m1/s1. The van der Waals surface area contributed by atoms with Crippen molar-refractivity contribution in [1.29, 1.82) is 0 Å². The fraction of sp³-hybridized carbons (Fsp3) is 0.667. The molecule has 2 rings (SSSR count). The maximum absolute atomic E-state index is 10.6. The van der Waals surface area contributed by atoms with Gasteiger partial charge in [-0.15, -0.1) is 0 Å². The molecular weight excluding hydrogens is 118 g/mol. The zero-order valence-corrected chi connectivity index (χ0v) is 4.96. The first-order valence-corrected chi connectivity index (χ1v) is 3.09. The van der Waals surface area contributed by atoms with E-state index in [0.29, 0.717) is 19.1 Å². The molecule has 0 aromatic rings. The van der Waals surface area contributed by atoms with Gasteiger partial charge in [0.2, 0.25) is 5.91 Å². The van der Waals surface area contributed by atoms with Gasteiger partial charge < -0.3 is 10.1 Å². The van der Waals surface area contributed by atoms with E-state index in [0.717, 1.165) is 0 Å². The van der Waals surface area contributed by atoms with Crippen molar-refractivity contribution in [2.24, 2.45) is 5.92 Å². The van der Waals surface area contributed by atoms with E-state index in [1.165, 1.54) is 0 Å². The molecular formula is C6H8NO2. The number of hydrogen-bond donors (Lipinski definition) is 1. The lowest BCUT2D eigenvalue weighted by molar-refractivity contribution is -0.117. The van der Waals surface area contributed by atoms with Gasteiger partial charge in [-0.25, -0.2) is 0 Å². The molecule has 1 amide bonds. The molecule has 0 saturated carbocycles. The van der Waals surface area contributed by atoms with Gasteiger partial charge in [0, 0.05) is 5.92 Å². The van der Waals surface area contributed by atoms with E-state index in [-0.39, 0.29) is 11.9 Å². The van der Waals surface area contributed by atoms with Crippen LogP contribution in [0, 0.1) is 12.3 Å². The minimum Gasteiger partial charge on any atom is -0.379 e. The summed E-state index contributed by atoms with van der Waals surface area (Å²) in [6.45, 7) is 1.40. The van der Waals surface area contributed by atoms with Crippen molar-refractivity contribution in [2.45, 2.75) is 6.04 Å². The normalized spacial score (nSPS) is 40.7. The summed E-state index contributed by atoms with van der Waals surface area (Å²) in [7, 11) is 0. The lowest BCUT2D eigenvalue weighted by Gasteiger charge is -2.01. The van der Waals surface area contributed by atoms with Crippen LogP contribution in [0.3, 0.4) is 0 Å². The van der Waals surface area contributed by atoms with E-state index in [4.69, 9.17) is 4.74 Å². The third-order valence-corrected chi connectivity index (χ3v) is 1.82. The summed E-state index contributed by atoms with van der Waals surface area (Å²) in [5, 5.41) is 2.80. The van der Waals surface area contributed by atoms with Crippen molar-refractivity contribution >= 4 is 5.91 Å². The van der Waals surface area contributed by atoms with Crippen LogP contribution in [0.4, 0.5) is 0 Å². The van der Waals surface area contributed by atoms with Crippen LogP contribution in [0.2, 0.25) is 0 Å². The van der Waals surface area contributed by atoms with Gasteiger partial charge in [0.25, 0.3) is 0 Å². The topological polar surface area (TPSA) is 38.3 Å². The molecule has 0 aliphatic carbocycles. The van der Waals surface area contributed by atoms with Crippen molar-refractivity contribution in [2.75, 3.05) is 13.2 Å². The number of hydrogen-bond acceptors (Lipinski definition) is 2. The van der Waals surface area contributed by atoms with Gasteiger partial charge in [-0.2, -0.15) is 0 Å². The SMILES string of the molecule is O=C1[CH][C@@H]2COC[C@H]2N1. The van der Waals surface area contributed by atoms with E-state index in [9.17, 15) is 4.79 Å². The summed E-state index contributed by atoms with van der Waals surface area (Å²) in [4.78, 5) is 10.6. The summed E-state index contributed by atoms with van der Waals surface area (Å²) < 4.78 is 5.11. The number of carbonyl (C=O) groups is 1. The minimum absolute atomic E-state index is 0.0632. The molecule has 2 saturated heterocycles. The lowest BCUT2D eigenvalue weighted by atomic mass is 10.1. The van der Waals surface area contributed by atoms with Crippen LogP contribution in [0.25, 0.3) is 0 Å². The molecule has 49 valence electrons. The van der Waals surface area contributed by atoms with Gasteiger partial charge in [0.15, 0.2) is 0 Å². The van der Waals surface area contributed by atoms with E-state index in [1.54, 1.807) is 6.42 Å². The number of amides is 1. The van der Waals surface area contributed by atoms with E-state index in [1.807, 2.05) is 0 Å². The average molecular weight is 126 g/mol. The Bertz CT molecular complexity index is 132. The van der Waals surface area contributed by atoms with Gasteiger partial charge in [-0.1, -0.05) is 0 Å². The van der Waals surface area contributed by atoms with Crippen molar-refractivity contribution in [1.82, 2.24) is 5.32 Å². The molecule has 3 heteroatoms. The molecule has 0 spiro atoms. The fourth-order valence-corrected chi connectivity index (χ4v) is 1.31. The van der Waals surface area contributed by atoms with Crippen molar-refractivity contribution < 1.29 is 9.53 Å². The number of carbonyl (C=O) groups excluding carboxylic acids is 1. The molecule has 0 unspecified atom stereocenters. The number of ether oxygens (including phenoxy) is 1. The molecule has 0 aromatic carbocycles. The average Bonchev–Trinajstić information content (AvgIpc) is 2.22. The Balaban J connectivity index is 2.09. The fourth-order valence-electron chi connectivity index (χ4n) is 1.31. The molecule has 0 aromatic heterocycles. The van der Waals surface area contributed by atoms with E-state index in [2.05, 4.69) is 5.32 Å². The van der Waals surface area contributed by atoms with E-state index < -0.39 is 0 Å². The summed E-state index contributed by atoms with van der Waals surface area (Å²) in [5.41, 5.74) is 0. The number of nitrogens with one attached hydrogen (secondary N) is 1. The first-order valence-electron chi connectivity index (χ1n) is 3.09. The van der Waals surface area contributed by atoms with Crippen molar-refractivity contribution in [3.63, 3.8) is 0 Å². The molecule has 9 heavy (non-hydrogen) atoms. The highest BCUT2D eigenvalue weighted by Crippen LogP contribution is 2.21. The Kier molecular flexibility index (Phi) is 0.990. The first kappa shape index (κ1) is 5.23. The molecule has 2 aliphatic heterocycles. The molecule has 2 fully saturated rings. The predicted molar refractivity (Wildman–Crippen MR) is 30.5 cm³/mol. The maximum atomic E-state index is 10.6. The first-order chi connectivity index (χ1) is 4.36. The van der Waals surface area contributed by atoms with Crippen molar-refractivity contribution in [3.05, 3.63) is 6.42 Å². The van der Waals surface area contributed by atoms with Gasteiger partial charge in [-0.05, 0) is 0 Å². The van der Waals surface area contributed by atoms with Gasteiger partial charge in [0.1, 0.15) is 0 Å². The summed E-state index contributed by atoms with van der Waals surface area (Å²) >= 11 is 0. The minimum atomic E-state index is 0.0632. The van der Waals surface area contributed by atoms with Crippen LogP contribution in [-0.4, -0.2) is 25.2 Å². The maximum Gasteiger partial charge on any atom is 0.224 e. The molecule has 2 aliphatic rings. The second kappa shape index (κ2) is 1.70. The Morgan fingerprint density at radius 2 is 2.56 bits per heavy atom. The van der Waals surface area contributed by atoms with Crippen LogP contribution >= 0.6 is 0 Å². The van der Waals surface area contributed by atoms with Gasteiger partial charge in [0.05, 0.1) is 25.7 Å². The van der Waals surface area contributed by atoms with Crippen LogP contribution in [0.5, 0.6) is 0 Å². The molecule has 1 N–H and O–H groups in total. The highest BCUT2D eigenvalue weighted by molar-refractivity contribution is 5.88. The highest BCUT2D eigenvalue weighted by atomic mass is 16.5. The van der Waals surface area contributed by atoms with Gasteiger partial charge >= 0.3 is 0 Å². The van der Waals surface area contributed by atoms with Crippen LogP contribution in [0.1, 0.15) is 0 Å². The second-order valence-electron chi connectivity index (χ2n) is 2.48. The quantitative estimate of drug-likeness (QED) is 0.467. The third-order valence-electron chi connectivity index (χ3n) is 1.82. The monoisotopic (exact) mass is 126 g/mol. The smallest absolute Gasteiger partial charge is 0.224 e. The summed E-state index contributed by atoms with van der Waals surface area (Å²) in [5.74, 6) is 0.408. The predicted octanol–water partition coefficient (Wildman–Crippen LogP) is -0.665. The lowest BCUT2D eigenvalue weighted by Crippen LogP contribution is -2.28. The van der Waals surface area contributed by atoms with Gasteiger partial charge in [-0.3, -0.25) is 4.79 Å². The molecule has 3 nitrogen and oxygen atoms in total. The Morgan fingerprint density at radius 1 is 1.67 bits per heavy atom. The second-order valence-corrected chi connectivity index (χ2v) is 2.48. The summed E-state index contributed by atoms with van der Waals surface area (Å²) in [6.07, 6.45) is 1.71. The van der Waals surface area contributed by atoms with Crippen LogP contribution in [-0.2, 0) is 9.53 Å². The Labute approximate surface area is 53.4 Å². The number of fused-ring (bicyclic) bond motifs is 1. The molecule has 1 radical (unpaired) electrons. The summed E-state index contributed by atoms with van der Waals surface area (Å²) in [6, 6.07) is 0.275. The highest BCUT2D eigenvalue weighted by Gasteiger charge is 2.36. The molecule has 0 bridgehead atoms. The largest absolute Gasteiger partial charge is 0.379 e. The Hall–Kier alpha value is -0.570. The van der Waals surface area contributed by atoms with E-state index >= 15 is 0 Å². The molecule has 2 atom stereocenters. The zero-order valence-electron chi connectivity index (χ0n) is 4.96. The number of rotatable bonds is 0. The molecule has 2 heterocycles. The van der Waals surface area contributed by atoms with Crippen molar-refractivity contribution in [3.8, 4) is 0 Å². The Morgan fingerprint density at radius 3 is 3.33 bits per heavy atom.